The van der Waals surface area contributed by atoms with E-state index >= 15 is 0 Å². The smallest absolute Gasteiger partial charge is 0.270 e. The summed E-state index contributed by atoms with van der Waals surface area (Å²) in [5.41, 5.74) is 7.83. The molecule has 2 amide bonds. The van der Waals surface area contributed by atoms with E-state index in [4.69, 9.17) is 5.73 Å². The van der Waals surface area contributed by atoms with Crippen LogP contribution in [0.15, 0.2) is 18.3 Å². The zero-order valence-electron chi connectivity index (χ0n) is 14.5. The van der Waals surface area contributed by atoms with Gasteiger partial charge in [-0.25, -0.2) is 9.50 Å². The third kappa shape index (κ3) is 3.12. The van der Waals surface area contributed by atoms with Crippen molar-refractivity contribution in [1.82, 2.24) is 19.9 Å². The number of amides is 2. The first-order valence-electron chi connectivity index (χ1n) is 7.81. The fourth-order valence-corrected chi connectivity index (χ4v) is 3.87. The van der Waals surface area contributed by atoms with Gasteiger partial charge in [0.15, 0.2) is 5.65 Å². The van der Waals surface area contributed by atoms with E-state index in [0.29, 0.717) is 11.4 Å². The van der Waals surface area contributed by atoms with E-state index in [2.05, 4.69) is 21.5 Å². The van der Waals surface area contributed by atoms with Gasteiger partial charge in [-0.1, -0.05) is 0 Å². The van der Waals surface area contributed by atoms with Crippen LogP contribution >= 0.6 is 11.3 Å². The van der Waals surface area contributed by atoms with Gasteiger partial charge in [-0.2, -0.15) is 5.10 Å². The lowest BCUT2D eigenvalue weighted by Crippen LogP contribution is -2.29. The number of aryl methyl sites for hydroxylation is 3. The second-order valence-corrected chi connectivity index (χ2v) is 7.46. The van der Waals surface area contributed by atoms with Crippen LogP contribution < -0.4 is 11.1 Å². The molecule has 0 bridgehead atoms. The molecule has 3 aromatic rings. The van der Waals surface area contributed by atoms with E-state index in [0.717, 1.165) is 5.56 Å². The van der Waals surface area contributed by atoms with Gasteiger partial charge in [0.2, 0.25) is 0 Å². The van der Waals surface area contributed by atoms with Crippen LogP contribution in [0.2, 0.25) is 0 Å². The van der Waals surface area contributed by atoms with Crippen LogP contribution in [0.25, 0.3) is 5.65 Å². The van der Waals surface area contributed by atoms with Crippen LogP contribution in [0.1, 0.15) is 54.8 Å². The Balaban J connectivity index is 1.97. The number of hydrogen-bond acceptors (Lipinski definition) is 5. The maximum Gasteiger partial charge on any atom is 0.270 e. The molecular formula is C17H19N5O2S. The predicted molar refractivity (Wildman–Crippen MR) is 95.9 cm³/mol. The van der Waals surface area contributed by atoms with Crippen molar-refractivity contribution in [2.45, 2.75) is 33.7 Å². The van der Waals surface area contributed by atoms with Crippen molar-refractivity contribution >= 4 is 28.8 Å². The molecule has 25 heavy (non-hydrogen) atoms. The van der Waals surface area contributed by atoms with Gasteiger partial charge >= 0.3 is 0 Å². The molecule has 0 unspecified atom stereocenters. The van der Waals surface area contributed by atoms with Gasteiger partial charge in [-0.05, 0) is 45.4 Å². The van der Waals surface area contributed by atoms with E-state index < -0.39 is 5.91 Å². The average molecular weight is 357 g/mol. The Hall–Kier alpha value is -2.74. The second-order valence-electron chi connectivity index (χ2n) is 6.00. The summed E-state index contributed by atoms with van der Waals surface area (Å²) < 4.78 is 1.35. The van der Waals surface area contributed by atoms with E-state index in [1.165, 1.54) is 20.5 Å². The van der Waals surface area contributed by atoms with Crippen LogP contribution in [-0.4, -0.2) is 26.4 Å². The summed E-state index contributed by atoms with van der Waals surface area (Å²) in [6.45, 7) is 7.78. The zero-order valence-corrected chi connectivity index (χ0v) is 15.3. The highest BCUT2D eigenvalue weighted by molar-refractivity contribution is 7.12. The molecule has 3 rings (SSSR count). The summed E-state index contributed by atoms with van der Waals surface area (Å²) >= 11 is 1.70. The van der Waals surface area contributed by atoms with Crippen molar-refractivity contribution in [3.8, 4) is 0 Å². The first kappa shape index (κ1) is 17.1. The third-order valence-corrected chi connectivity index (χ3v) is 4.97. The minimum Gasteiger partial charge on any atom is -0.365 e. The number of nitrogens with two attached hydrogens (primary N) is 1. The number of primary amides is 1. The van der Waals surface area contributed by atoms with E-state index in [1.54, 1.807) is 24.3 Å². The molecule has 0 saturated heterocycles. The lowest BCUT2D eigenvalue weighted by atomic mass is 10.1. The SMILES string of the molecule is Cc1cc(C(=O)N[C@@H](C)c2cc(C)sc2C)n2ncc(C(N)=O)c2n1. The highest BCUT2D eigenvalue weighted by Crippen LogP contribution is 2.26. The molecule has 3 aromatic heterocycles. The topological polar surface area (TPSA) is 102 Å². The van der Waals surface area contributed by atoms with Crippen molar-refractivity contribution in [1.29, 1.82) is 0 Å². The van der Waals surface area contributed by atoms with E-state index in [1.807, 2.05) is 20.8 Å². The average Bonchev–Trinajstić information content (AvgIpc) is 3.09. The number of aromatic nitrogens is 3. The van der Waals surface area contributed by atoms with Gasteiger partial charge in [0, 0.05) is 15.4 Å². The number of fused-ring (bicyclic) bond motifs is 1. The summed E-state index contributed by atoms with van der Waals surface area (Å²) in [6.07, 6.45) is 1.33. The predicted octanol–water partition coefficient (Wildman–Crippen LogP) is 2.31. The molecule has 0 radical (unpaired) electrons. The van der Waals surface area contributed by atoms with Crippen molar-refractivity contribution in [2.24, 2.45) is 5.73 Å². The minimum absolute atomic E-state index is 0.146. The van der Waals surface area contributed by atoms with Gasteiger partial charge in [0.05, 0.1) is 12.2 Å². The summed E-state index contributed by atoms with van der Waals surface area (Å²) in [5.74, 6) is -0.914. The normalized spacial score (nSPS) is 12.3. The number of thiophene rings is 1. The lowest BCUT2D eigenvalue weighted by molar-refractivity contribution is 0.0930. The Labute approximate surface area is 148 Å². The van der Waals surface area contributed by atoms with Crippen molar-refractivity contribution < 1.29 is 9.59 Å². The van der Waals surface area contributed by atoms with Gasteiger partial charge in [-0.15, -0.1) is 11.3 Å². The molecule has 1 atom stereocenters. The summed E-state index contributed by atoms with van der Waals surface area (Å²) in [6, 6.07) is 3.57. The summed E-state index contributed by atoms with van der Waals surface area (Å²) in [5, 5.41) is 7.09. The first-order valence-corrected chi connectivity index (χ1v) is 8.62. The maximum absolute atomic E-state index is 12.8. The van der Waals surface area contributed by atoms with Gasteiger partial charge in [0.1, 0.15) is 11.3 Å². The Morgan fingerprint density at radius 1 is 1.28 bits per heavy atom. The van der Waals surface area contributed by atoms with E-state index in [9.17, 15) is 9.59 Å². The van der Waals surface area contributed by atoms with Crippen LogP contribution in [0.4, 0.5) is 0 Å². The largest absolute Gasteiger partial charge is 0.365 e. The van der Waals surface area contributed by atoms with Crippen molar-refractivity contribution in [3.05, 3.63) is 50.6 Å². The summed E-state index contributed by atoms with van der Waals surface area (Å²) in [4.78, 5) is 30.9. The molecule has 130 valence electrons. The highest BCUT2D eigenvalue weighted by Gasteiger charge is 2.20. The Morgan fingerprint density at radius 3 is 2.60 bits per heavy atom. The molecular weight excluding hydrogens is 338 g/mol. The van der Waals surface area contributed by atoms with Crippen molar-refractivity contribution in [2.75, 3.05) is 0 Å². The Bertz CT molecular complexity index is 988. The Morgan fingerprint density at radius 2 is 2.00 bits per heavy atom. The molecule has 0 spiro atoms. The molecule has 0 aliphatic carbocycles. The molecule has 0 aliphatic rings. The highest BCUT2D eigenvalue weighted by atomic mass is 32.1. The van der Waals surface area contributed by atoms with Gasteiger partial charge in [-0.3, -0.25) is 9.59 Å². The number of nitrogens with one attached hydrogen (secondary N) is 1. The molecule has 3 heterocycles. The molecule has 8 heteroatoms. The quantitative estimate of drug-likeness (QED) is 0.748. The standard InChI is InChI=1S/C17H19N5O2S/c1-8-5-14(22-16(20-8)13(7-19-22)15(18)23)17(24)21-10(3)12-6-9(2)25-11(12)4/h5-7,10H,1-4H3,(H2,18,23)(H,21,24)/t10-/m0/s1. The summed E-state index contributed by atoms with van der Waals surface area (Å²) in [7, 11) is 0. The maximum atomic E-state index is 12.8. The monoisotopic (exact) mass is 357 g/mol. The number of carbonyl (C=O) groups excluding carboxylic acids is 2. The van der Waals surface area contributed by atoms with E-state index in [-0.39, 0.29) is 23.2 Å². The van der Waals surface area contributed by atoms with Crippen LogP contribution in [-0.2, 0) is 0 Å². The van der Waals surface area contributed by atoms with Crippen molar-refractivity contribution in [3.63, 3.8) is 0 Å². The minimum atomic E-state index is -0.628. The van der Waals surface area contributed by atoms with Gasteiger partial charge < -0.3 is 11.1 Å². The van der Waals surface area contributed by atoms with Gasteiger partial charge in [0.25, 0.3) is 11.8 Å². The molecule has 0 saturated carbocycles. The number of rotatable bonds is 4. The van der Waals surface area contributed by atoms with Crippen LogP contribution in [0, 0.1) is 20.8 Å². The molecule has 0 aliphatic heterocycles. The van der Waals surface area contributed by atoms with Crippen LogP contribution in [0.3, 0.4) is 0 Å². The fourth-order valence-electron chi connectivity index (χ4n) is 2.85. The molecule has 0 aromatic carbocycles. The number of hydrogen-bond donors (Lipinski definition) is 2. The fraction of sp³-hybridized carbons (Fsp3) is 0.294. The number of nitrogens with zero attached hydrogens (tertiary/aromatic N) is 3. The van der Waals surface area contributed by atoms with Crippen LogP contribution in [0.5, 0.6) is 0 Å². The molecule has 3 N–H and O–H groups in total. The zero-order chi connectivity index (χ0) is 18.3. The lowest BCUT2D eigenvalue weighted by Gasteiger charge is -2.15. The first-order chi connectivity index (χ1) is 11.8. The third-order valence-electron chi connectivity index (χ3n) is 3.99. The number of carbonyl (C=O) groups is 2. The second kappa shape index (κ2) is 6.29. The molecule has 7 nitrogen and oxygen atoms in total. The Kier molecular flexibility index (Phi) is 4.30. The molecule has 0 fully saturated rings.